The van der Waals surface area contributed by atoms with Gasteiger partial charge in [-0.2, -0.15) is 0 Å². The van der Waals surface area contributed by atoms with Crippen LogP contribution in [-0.2, 0) is 6.54 Å². The van der Waals surface area contributed by atoms with Crippen LogP contribution in [0, 0.1) is 6.92 Å². The number of hydrogen-bond acceptors (Lipinski definition) is 5. The first-order valence-electron chi connectivity index (χ1n) is 4.75. The van der Waals surface area contributed by atoms with Gasteiger partial charge in [-0.15, -0.1) is 22.7 Å². The van der Waals surface area contributed by atoms with Crippen LogP contribution in [0.2, 0.25) is 4.34 Å². The maximum Gasteiger partial charge on any atom is 0.355 e. The van der Waals surface area contributed by atoms with Crippen molar-refractivity contribution >= 4 is 45.4 Å². The molecule has 0 amide bonds. The molecule has 0 aliphatic heterocycles. The molecule has 0 aliphatic rings. The van der Waals surface area contributed by atoms with Crippen molar-refractivity contribution in [2.45, 2.75) is 13.5 Å². The van der Waals surface area contributed by atoms with E-state index < -0.39 is 5.97 Å². The number of thiazole rings is 1. The molecule has 2 aromatic heterocycles. The van der Waals surface area contributed by atoms with Crippen molar-refractivity contribution in [2.24, 2.45) is 0 Å². The van der Waals surface area contributed by atoms with Crippen molar-refractivity contribution in [3.63, 3.8) is 0 Å². The average Bonchev–Trinajstić information content (AvgIpc) is 2.82. The quantitative estimate of drug-likeness (QED) is 0.904. The number of nitrogens with zero attached hydrogens (tertiary/aromatic N) is 1. The lowest BCUT2D eigenvalue weighted by molar-refractivity contribution is 0.0690. The number of anilines is 1. The molecular formula is C10H9ClN2O2S2. The summed E-state index contributed by atoms with van der Waals surface area (Å²) in [6, 6.07) is 3.76. The van der Waals surface area contributed by atoms with E-state index in [4.69, 9.17) is 16.7 Å². The van der Waals surface area contributed by atoms with Crippen LogP contribution in [0.4, 0.5) is 5.13 Å². The summed E-state index contributed by atoms with van der Waals surface area (Å²) in [7, 11) is 0. The van der Waals surface area contributed by atoms with Gasteiger partial charge in [0, 0.05) is 9.75 Å². The fourth-order valence-electron chi connectivity index (χ4n) is 1.28. The molecule has 0 bridgehead atoms. The summed E-state index contributed by atoms with van der Waals surface area (Å²) in [6.45, 7) is 2.34. The van der Waals surface area contributed by atoms with Crippen LogP contribution in [0.3, 0.4) is 0 Å². The van der Waals surface area contributed by atoms with Crippen molar-refractivity contribution < 1.29 is 9.90 Å². The van der Waals surface area contributed by atoms with Crippen molar-refractivity contribution in [1.29, 1.82) is 0 Å². The molecule has 0 aliphatic carbocycles. The first kappa shape index (κ1) is 12.3. The standard InChI is InChI=1S/C10H9ClN2O2S2/c1-5-8(9(14)15)13-10(16-5)12-4-6-2-3-7(11)17-6/h2-3H,4H2,1H3,(H,12,13)(H,14,15). The molecule has 2 rings (SSSR count). The number of carbonyl (C=O) groups is 1. The minimum absolute atomic E-state index is 0.113. The van der Waals surface area contributed by atoms with Crippen LogP contribution in [0.15, 0.2) is 12.1 Å². The highest BCUT2D eigenvalue weighted by atomic mass is 35.5. The highest BCUT2D eigenvalue weighted by Gasteiger charge is 2.13. The number of aromatic nitrogens is 1. The van der Waals surface area contributed by atoms with E-state index in [0.717, 1.165) is 9.21 Å². The van der Waals surface area contributed by atoms with Gasteiger partial charge >= 0.3 is 5.97 Å². The van der Waals surface area contributed by atoms with Gasteiger partial charge in [-0.1, -0.05) is 11.6 Å². The van der Waals surface area contributed by atoms with Crippen LogP contribution in [0.5, 0.6) is 0 Å². The van der Waals surface area contributed by atoms with Gasteiger partial charge in [0.05, 0.1) is 10.9 Å². The average molecular weight is 289 g/mol. The van der Waals surface area contributed by atoms with Gasteiger partial charge < -0.3 is 10.4 Å². The molecule has 2 N–H and O–H groups in total. The van der Waals surface area contributed by atoms with Gasteiger partial charge in [0.25, 0.3) is 0 Å². The topological polar surface area (TPSA) is 62.2 Å². The SMILES string of the molecule is Cc1sc(NCc2ccc(Cl)s2)nc1C(=O)O. The Morgan fingerprint density at radius 2 is 2.29 bits per heavy atom. The molecule has 2 aromatic rings. The summed E-state index contributed by atoms with van der Waals surface area (Å²) in [5, 5.41) is 12.6. The van der Waals surface area contributed by atoms with E-state index in [0.29, 0.717) is 16.6 Å². The van der Waals surface area contributed by atoms with Gasteiger partial charge in [-0.3, -0.25) is 0 Å². The number of thiophene rings is 1. The second-order valence-corrected chi connectivity index (χ2v) is 6.29. The third kappa shape index (κ3) is 2.96. The number of nitrogens with one attached hydrogen (secondary N) is 1. The highest BCUT2D eigenvalue weighted by molar-refractivity contribution is 7.16. The van der Waals surface area contributed by atoms with Crippen molar-refractivity contribution in [1.82, 2.24) is 4.98 Å². The molecule has 0 radical (unpaired) electrons. The van der Waals surface area contributed by atoms with Crippen LogP contribution in [0.1, 0.15) is 20.2 Å². The summed E-state index contributed by atoms with van der Waals surface area (Å²) in [4.78, 5) is 16.6. The lowest BCUT2D eigenvalue weighted by Crippen LogP contribution is -2.00. The van der Waals surface area contributed by atoms with Crippen LogP contribution < -0.4 is 5.32 Å². The van der Waals surface area contributed by atoms with Crippen LogP contribution >= 0.6 is 34.3 Å². The molecule has 4 nitrogen and oxygen atoms in total. The molecule has 0 unspecified atom stereocenters. The number of carboxylic acid groups (broad SMARTS) is 1. The minimum atomic E-state index is -0.994. The Labute approximate surface area is 111 Å². The van der Waals surface area contributed by atoms with E-state index in [-0.39, 0.29) is 5.69 Å². The number of rotatable bonds is 4. The van der Waals surface area contributed by atoms with Gasteiger partial charge in [0.15, 0.2) is 10.8 Å². The fourth-order valence-corrected chi connectivity index (χ4v) is 3.11. The van der Waals surface area contributed by atoms with Crippen molar-refractivity contribution in [3.8, 4) is 0 Å². The lowest BCUT2D eigenvalue weighted by Gasteiger charge is -1.98. The maximum atomic E-state index is 10.8. The third-order valence-electron chi connectivity index (χ3n) is 2.04. The van der Waals surface area contributed by atoms with E-state index >= 15 is 0 Å². The Bertz CT molecular complexity index is 550. The monoisotopic (exact) mass is 288 g/mol. The third-order valence-corrected chi connectivity index (χ3v) is 4.20. The molecule has 0 aromatic carbocycles. The predicted octanol–water partition coefficient (Wildman–Crippen LogP) is 3.48. The Morgan fingerprint density at radius 1 is 1.53 bits per heavy atom. The zero-order valence-corrected chi connectivity index (χ0v) is 11.2. The summed E-state index contributed by atoms with van der Waals surface area (Å²) in [5.74, 6) is -0.994. The van der Waals surface area contributed by atoms with Gasteiger partial charge in [-0.25, -0.2) is 9.78 Å². The Kier molecular flexibility index (Phi) is 3.66. The number of aryl methyl sites for hydroxylation is 1. The molecule has 90 valence electrons. The molecular weight excluding hydrogens is 280 g/mol. The van der Waals surface area contributed by atoms with Crippen LogP contribution in [0.25, 0.3) is 0 Å². The number of halogens is 1. The predicted molar refractivity (Wildman–Crippen MR) is 70.5 cm³/mol. The second kappa shape index (κ2) is 5.03. The molecule has 0 saturated heterocycles. The maximum absolute atomic E-state index is 10.8. The molecule has 0 spiro atoms. The smallest absolute Gasteiger partial charge is 0.355 e. The number of aromatic carboxylic acids is 1. The lowest BCUT2D eigenvalue weighted by atomic mass is 10.4. The van der Waals surface area contributed by atoms with Gasteiger partial charge in [0.2, 0.25) is 0 Å². The van der Waals surface area contributed by atoms with E-state index in [1.165, 1.54) is 22.7 Å². The first-order valence-corrected chi connectivity index (χ1v) is 6.76. The molecule has 7 heteroatoms. The highest BCUT2D eigenvalue weighted by Crippen LogP contribution is 2.25. The normalized spacial score (nSPS) is 10.5. The van der Waals surface area contributed by atoms with Crippen molar-refractivity contribution in [3.05, 3.63) is 31.9 Å². The van der Waals surface area contributed by atoms with E-state index in [1.807, 2.05) is 12.1 Å². The molecule has 17 heavy (non-hydrogen) atoms. The molecule has 0 saturated carbocycles. The fraction of sp³-hybridized carbons (Fsp3) is 0.200. The van der Waals surface area contributed by atoms with E-state index in [1.54, 1.807) is 6.92 Å². The van der Waals surface area contributed by atoms with Gasteiger partial charge in [-0.05, 0) is 19.1 Å². The number of hydrogen-bond donors (Lipinski definition) is 2. The molecule has 2 heterocycles. The summed E-state index contributed by atoms with van der Waals surface area (Å²) < 4.78 is 0.739. The molecule has 0 fully saturated rings. The second-order valence-electron chi connectivity index (χ2n) is 3.29. The van der Waals surface area contributed by atoms with Gasteiger partial charge in [0.1, 0.15) is 0 Å². The summed E-state index contributed by atoms with van der Waals surface area (Å²) >= 11 is 8.64. The zero-order chi connectivity index (χ0) is 12.4. The molecule has 0 atom stereocenters. The largest absolute Gasteiger partial charge is 0.476 e. The Balaban J connectivity index is 2.04. The van der Waals surface area contributed by atoms with Crippen molar-refractivity contribution in [2.75, 3.05) is 5.32 Å². The van der Waals surface area contributed by atoms with E-state index in [2.05, 4.69) is 10.3 Å². The Morgan fingerprint density at radius 3 is 2.82 bits per heavy atom. The van der Waals surface area contributed by atoms with E-state index in [9.17, 15) is 4.79 Å². The minimum Gasteiger partial charge on any atom is -0.476 e. The Hall–Kier alpha value is -1.11. The summed E-state index contributed by atoms with van der Waals surface area (Å²) in [5.41, 5.74) is 0.113. The zero-order valence-electron chi connectivity index (χ0n) is 8.86. The number of carboxylic acids is 1. The van der Waals surface area contributed by atoms with Crippen LogP contribution in [-0.4, -0.2) is 16.1 Å². The first-order chi connectivity index (χ1) is 8.06. The summed E-state index contributed by atoms with van der Waals surface area (Å²) in [6.07, 6.45) is 0.